The first-order valence-electron chi connectivity index (χ1n) is 12.8. The molecule has 8 heteroatoms. The molecule has 2 amide bonds. The molecule has 2 fully saturated rings. The molecule has 192 valence electrons. The van der Waals surface area contributed by atoms with Crippen molar-refractivity contribution in [1.29, 1.82) is 0 Å². The number of aliphatic hydroxyl groups is 1. The van der Waals surface area contributed by atoms with Gasteiger partial charge in [0.2, 0.25) is 5.91 Å². The second-order valence-corrected chi connectivity index (χ2v) is 9.72. The molecule has 2 heterocycles. The predicted molar refractivity (Wildman–Crippen MR) is 148 cm³/mol. The molecular weight excluding hydrogens is 466 g/mol. The highest BCUT2D eigenvalue weighted by atomic mass is 16.3. The van der Waals surface area contributed by atoms with Crippen molar-refractivity contribution in [3.05, 3.63) is 78.4 Å². The smallest absolute Gasteiger partial charge is 0.255 e. The molecule has 5 N–H and O–H groups in total. The number of aliphatic hydroxyl groups excluding tert-OH is 1. The fraction of sp³-hybridized carbons (Fsp3) is 0.310. The number of carbonyl (C=O) groups excluding carboxylic acids is 2. The van der Waals surface area contributed by atoms with Crippen LogP contribution in [0.1, 0.15) is 36.0 Å². The standard InChI is InChI=1S/C29H33N5O3/c30-28(36)27-2-1-17-34(27)25-13-9-22(10-14-25)31-21-5-7-23(8-6-21)32-29(37)20-3-11-24(12-4-20)33-18-15-26(35)16-19-33/h3-14,26-27,31,35H,1-2,15-19H2,(H2,30,36)(H,32,37). The molecule has 2 saturated heterocycles. The summed E-state index contributed by atoms with van der Waals surface area (Å²) in [6.45, 7) is 2.48. The summed E-state index contributed by atoms with van der Waals surface area (Å²) in [6.07, 6.45) is 3.10. The molecule has 37 heavy (non-hydrogen) atoms. The minimum absolute atomic E-state index is 0.159. The SMILES string of the molecule is NC(=O)C1CCCN1c1ccc(Nc2ccc(NC(=O)c3ccc(N4CCC(O)CC4)cc3)cc2)cc1. The number of rotatable bonds is 7. The minimum Gasteiger partial charge on any atom is -0.393 e. The number of nitrogens with two attached hydrogens (primary N) is 1. The molecular formula is C29H33N5O3. The van der Waals surface area contributed by atoms with Crippen LogP contribution < -0.4 is 26.2 Å². The maximum Gasteiger partial charge on any atom is 0.255 e. The molecule has 0 spiro atoms. The number of hydrogen-bond donors (Lipinski definition) is 4. The van der Waals surface area contributed by atoms with Crippen LogP contribution in [0, 0.1) is 0 Å². The monoisotopic (exact) mass is 499 g/mol. The fourth-order valence-electron chi connectivity index (χ4n) is 5.06. The van der Waals surface area contributed by atoms with Crippen LogP contribution in [0.3, 0.4) is 0 Å². The van der Waals surface area contributed by atoms with Gasteiger partial charge in [-0.1, -0.05) is 0 Å². The predicted octanol–water partition coefficient (Wildman–Crippen LogP) is 4.10. The third kappa shape index (κ3) is 5.86. The van der Waals surface area contributed by atoms with Gasteiger partial charge in [0.25, 0.3) is 5.91 Å². The van der Waals surface area contributed by atoms with Gasteiger partial charge < -0.3 is 31.3 Å². The first-order valence-corrected chi connectivity index (χ1v) is 12.8. The van der Waals surface area contributed by atoms with E-state index in [0.717, 1.165) is 68.1 Å². The van der Waals surface area contributed by atoms with Crippen molar-refractivity contribution in [2.75, 3.05) is 40.1 Å². The Bertz CT molecular complexity index is 1220. The van der Waals surface area contributed by atoms with E-state index in [1.807, 2.05) is 72.8 Å². The van der Waals surface area contributed by atoms with Crippen LogP contribution in [0.25, 0.3) is 0 Å². The van der Waals surface area contributed by atoms with Gasteiger partial charge in [-0.15, -0.1) is 0 Å². The quantitative estimate of drug-likeness (QED) is 0.390. The van der Waals surface area contributed by atoms with Crippen molar-refractivity contribution in [2.45, 2.75) is 37.8 Å². The number of nitrogens with one attached hydrogen (secondary N) is 2. The Hall–Kier alpha value is -4.04. The Balaban J connectivity index is 1.15. The summed E-state index contributed by atoms with van der Waals surface area (Å²) in [6, 6.07) is 22.9. The summed E-state index contributed by atoms with van der Waals surface area (Å²) in [5.41, 5.74) is 10.7. The molecule has 0 bridgehead atoms. The van der Waals surface area contributed by atoms with Crippen molar-refractivity contribution in [3.8, 4) is 0 Å². The van der Waals surface area contributed by atoms with E-state index in [1.165, 1.54) is 0 Å². The van der Waals surface area contributed by atoms with E-state index < -0.39 is 0 Å². The molecule has 0 aliphatic carbocycles. The summed E-state index contributed by atoms with van der Waals surface area (Å²) in [5, 5.41) is 16.0. The van der Waals surface area contributed by atoms with Gasteiger partial charge in [-0.2, -0.15) is 0 Å². The van der Waals surface area contributed by atoms with Gasteiger partial charge in [0.1, 0.15) is 6.04 Å². The molecule has 5 rings (SSSR count). The highest BCUT2D eigenvalue weighted by molar-refractivity contribution is 6.04. The maximum atomic E-state index is 12.7. The number of carbonyl (C=O) groups is 2. The lowest BCUT2D eigenvalue weighted by Crippen LogP contribution is -2.40. The molecule has 8 nitrogen and oxygen atoms in total. The van der Waals surface area contributed by atoms with E-state index >= 15 is 0 Å². The Morgan fingerprint density at radius 3 is 1.95 bits per heavy atom. The molecule has 0 saturated carbocycles. The first-order chi connectivity index (χ1) is 18.0. The van der Waals surface area contributed by atoms with Crippen LogP contribution in [0.2, 0.25) is 0 Å². The van der Waals surface area contributed by atoms with E-state index in [1.54, 1.807) is 0 Å². The number of hydrogen-bond acceptors (Lipinski definition) is 6. The number of primary amides is 1. The zero-order valence-corrected chi connectivity index (χ0v) is 20.8. The van der Waals surface area contributed by atoms with Gasteiger partial charge in [-0.25, -0.2) is 0 Å². The number of amides is 2. The Labute approximate surface area is 217 Å². The van der Waals surface area contributed by atoms with Crippen molar-refractivity contribution in [2.24, 2.45) is 5.73 Å². The van der Waals surface area contributed by atoms with Crippen LogP contribution in [0.4, 0.5) is 28.4 Å². The van der Waals surface area contributed by atoms with Crippen LogP contribution in [-0.4, -0.2) is 48.7 Å². The Morgan fingerprint density at radius 2 is 1.32 bits per heavy atom. The third-order valence-corrected chi connectivity index (χ3v) is 7.17. The van der Waals surface area contributed by atoms with Gasteiger partial charge in [0, 0.05) is 53.6 Å². The second kappa shape index (κ2) is 10.9. The molecule has 3 aromatic rings. The largest absolute Gasteiger partial charge is 0.393 e. The van der Waals surface area contributed by atoms with Gasteiger partial charge in [0.15, 0.2) is 0 Å². The number of benzene rings is 3. The van der Waals surface area contributed by atoms with Crippen LogP contribution in [-0.2, 0) is 4.79 Å². The second-order valence-electron chi connectivity index (χ2n) is 9.72. The zero-order chi connectivity index (χ0) is 25.8. The normalized spacial score (nSPS) is 18.0. The van der Waals surface area contributed by atoms with Gasteiger partial charge in [-0.05, 0) is 98.5 Å². The molecule has 1 atom stereocenters. The average Bonchev–Trinajstić information content (AvgIpc) is 3.41. The van der Waals surface area contributed by atoms with E-state index in [2.05, 4.69) is 20.4 Å². The molecule has 2 aliphatic rings. The highest BCUT2D eigenvalue weighted by Gasteiger charge is 2.29. The van der Waals surface area contributed by atoms with Gasteiger partial charge in [0.05, 0.1) is 6.10 Å². The molecule has 1 unspecified atom stereocenters. The van der Waals surface area contributed by atoms with E-state index in [9.17, 15) is 14.7 Å². The highest BCUT2D eigenvalue weighted by Crippen LogP contribution is 2.28. The molecule has 0 aromatic heterocycles. The van der Waals surface area contributed by atoms with Crippen molar-refractivity contribution in [3.63, 3.8) is 0 Å². The zero-order valence-electron chi connectivity index (χ0n) is 20.8. The van der Waals surface area contributed by atoms with Gasteiger partial charge >= 0.3 is 0 Å². The van der Waals surface area contributed by atoms with Crippen LogP contribution in [0.5, 0.6) is 0 Å². The Kier molecular flexibility index (Phi) is 7.28. The van der Waals surface area contributed by atoms with E-state index in [-0.39, 0.29) is 24.0 Å². The summed E-state index contributed by atoms with van der Waals surface area (Å²) in [7, 11) is 0. The number of nitrogens with zero attached hydrogens (tertiary/aromatic N) is 2. The lowest BCUT2D eigenvalue weighted by Gasteiger charge is -2.31. The van der Waals surface area contributed by atoms with Crippen LogP contribution >= 0.6 is 0 Å². The molecule has 3 aromatic carbocycles. The minimum atomic E-state index is -0.275. The van der Waals surface area contributed by atoms with Crippen molar-refractivity contribution < 1.29 is 14.7 Å². The van der Waals surface area contributed by atoms with Crippen molar-refractivity contribution >= 4 is 40.3 Å². The first kappa shape index (κ1) is 24.6. The average molecular weight is 500 g/mol. The maximum absolute atomic E-state index is 12.7. The van der Waals surface area contributed by atoms with E-state index in [4.69, 9.17) is 5.73 Å². The summed E-state index contributed by atoms with van der Waals surface area (Å²) in [4.78, 5) is 28.7. The summed E-state index contributed by atoms with van der Waals surface area (Å²) >= 11 is 0. The lowest BCUT2D eigenvalue weighted by molar-refractivity contribution is -0.119. The fourth-order valence-corrected chi connectivity index (χ4v) is 5.06. The van der Waals surface area contributed by atoms with Crippen LogP contribution in [0.15, 0.2) is 72.8 Å². The topological polar surface area (TPSA) is 111 Å². The van der Waals surface area contributed by atoms with E-state index in [0.29, 0.717) is 11.3 Å². The number of anilines is 5. The number of piperidine rings is 1. The summed E-state index contributed by atoms with van der Waals surface area (Å²) < 4.78 is 0. The third-order valence-electron chi connectivity index (χ3n) is 7.17. The molecule has 2 aliphatic heterocycles. The summed E-state index contributed by atoms with van der Waals surface area (Å²) in [5.74, 6) is -0.434. The Morgan fingerprint density at radius 1 is 0.757 bits per heavy atom. The van der Waals surface area contributed by atoms with Crippen molar-refractivity contribution in [1.82, 2.24) is 0 Å². The van der Waals surface area contributed by atoms with Gasteiger partial charge in [-0.3, -0.25) is 9.59 Å². The lowest BCUT2D eigenvalue weighted by atomic mass is 10.1. The molecule has 0 radical (unpaired) electrons.